The molecule has 1 aromatic heterocycles. The number of hydrogen-bond acceptors (Lipinski definition) is 4. The van der Waals surface area contributed by atoms with Crippen LogP contribution >= 0.6 is 0 Å². The predicted octanol–water partition coefficient (Wildman–Crippen LogP) is 2.47. The van der Waals surface area contributed by atoms with Crippen molar-refractivity contribution in [3.05, 3.63) is 17.5 Å². The fraction of sp³-hybridized carbons (Fsp3) is 0.714. The summed E-state index contributed by atoms with van der Waals surface area (Å²) in [6, 6.07) is 2.06. The van der Waals surface area contributed by atoms with Gasteiger partial charge in [0.2, 0.25) is 5.95 Å². The highest BCUT2D eigenvalue weighted by Gasteiger charge is 2.11. The SMILES string of the molecule is CCCCN(CCN)c1nc(C)cc(C(C)C)n1. The molecule has 1 heterocycles. The highest BCUT2D eigenvalue weighted by Crippen LogP contribution is 2.17. The largest absolute Gasteiger partial charge is 0.340 e. The minimum atomic E-state index is 0.427. The Morgan fingerprint density at radius 1 is 1.28 bits per heavy atom. The van der Waals surface area contributed by atoms with Gasteiger partial charge in [-0.2, -0.15) is 0 Å². The van der Waals surface area contributed by atoms with Gasteiger partial charge < -0.3 is 10.6 Å². The van der Waals surface area contributed by atoms with Crippen LogP contribution in [0.25, 0.3) is 0 Å². The fourth-order valence-corrected chi connectivity index (χ4v) is 1.83. The van der Waals surface area contributed by atoms with E-state index in [0.717, 1.165) is 36.8 Å². The molecule has 0 unspecified atom stereocenters. The molecule has 0 aliphatic carbocycles. The van der Waals surface area contributed by atoms with Crippen LogP contribution in [0.2, 0.25) is 0 Å². The summed E-state index contributed by atoms with van der Waals surface area (Å²) in [5.41, 5.74) is 7.81. The van der Waals surface area contributed by atoms with Crippen molar-refractivity contribution in [1.82, 2.24) is 9.97 Å². The zero-order valence-corrected chi connectivity index (χ0v) is 12.1. The number of nitrogens with two attached hydrogens (primary N) is 1. The highest BCUT2D eigenvalue weighted by atomic mass is 15.3. The minimum Gasteiger partial charge on any atom is -0.340 e. The van der Waals surface area contributed by atoms with Crippen molar-refractivity contribution in [2.24, 2.45) is 5.73 Å². The average molecular weight is 250 g/mol. The number of unbranched alkanes of at least 4 members (excludes halogenated alkanes) is 1. The van der Waals surface area contributed by atoms with E-state index in [0.29, 0.717) is 12.5 Å². The van der Waals surface area contributed by atoms with Crippen molar-refractivity contribution in [1.29, 1.82) is 0 Å². The lowest BCUT2D eigenvalue weighted by Crippen LogP contribution is -2.32. The molecule has 0 spiro atoms. The Kier molecular flexibility index (Phi) is 6.05. The van der Waals surface area contributed by atoms with Crippen molar-refractivity contribution >= 4 is 5.95 Å². The summed E-state index contributed by atoms with van der Waals surface area (Å²) in [4.78, 5) is 11.4. The Bertz CT molecular complexity index is 363. The molecule has 102 valence electrons. The monoisotopic (exact) mass is 250 g/mol. The quantitative estimate of drug-likeness (QED) is 0.807. The Balaban J connectivity index is 2.95. The van der Waals surface area contributed by atoms with Crippen LogP contribution in [0.3, 0.4) is 0 Å². The number of anilines is 1. The van der Waals surface area contributed by atoms with Crippen LogP contribution in [0.1, 0.15) is 50.9 Å². The third-order valence-corrected chi connectivity index (χ3v) is 2.92. The molecule has 0 amide bonds. The van der Waals surface area contributed by atoms with Crippen LogP contribution in [0.15, 0.2) is 6.07 Å². The van der Waals surface area contributed by atoms with Crippen LogP contribution in [0, 0.1) is 6.92 Å². The molecule has 0 aromatic carbocycles. The van der Waals surface area contributed by atoms with Crippen molar-refractivity contribution in [2.75, 3.05) is 24.5 Å². The zero-order valence-electron chi connectivity index (χ0n) is 12.1. The van der Waals surface area contributed by atoms with Crippen molar-refractivity contribution in [3.8, 4) is 0 Å². The maximum atomic E-state index is 5.68. The molecule has 18 heavy (non-hydrogen) atoms. The molecule has 4 heteroatoms. The Morgan fingerprint density at radius 3 is 2.56 bits per heavy atom. The molecule has 0 saturated carbocycles. The zero-order chi connectivity index (χ0) is 13.5. The maximum Gasteiger partial charge on any atom is 0.225 e. The molecule has 1 aromatic rings. The molecule has 0 fully saturated rings. The van der Waals surface area contributed by atoms with Crippen LogP contribution in [-0.4, -0.2) is 29.6 Å². The van der Waals surface area contributed by atoms with Gasteiger partial charge in [-0.05, 0) is 25.3 Å². The number of rotatable bonds is 7. The predicted molar refractivity (Wildman–Crippen MR) is 77.0 cm³/mol. The molecule has 0 aliphatic heterocycles. The smallest absolute Gasteiger partial charge is 0.225 e. The van der Waals surface area contributed by atoms with Gasteiger partial charge in [0.15, 0.2) is 0 Å². The van der Waals surface area contributed by atoms with E-state index in [2.05, 4.69) is 41.7 Å². The second-order valence-corrected chi connectivity index (χ2v) is 5.02. The fourth-order valence-electron chi connectivity index (χ4n) is 1.83. The topological polar surface area (TPSA) is 55.0 Å². The number of nitrogens with zero attached hydrogens (tertiary/aromatic N) is 3. The molecule has 0 atom stereocenters. The van der Waals surface area contributed by atoms with E-state index in [-0.39, 0.29) is 0 Å². The minimum absolute atomic E-state index is 0.427. The molecule has 0 saturated heterocycles. The van der Waals surface area contributed by atoms with Crippen LogP contribution in [-0.2, 0) is 0 Å². The van der Waals surface area contributed by atoms with Gasteiger partial charge in [-0.1, -0.05) is 27.2 Å². The number of aryl methyl sites for hydroxylation is 1. The van der Waals surface area contributed by atoms with E-state index < -0.39 is 0 Å². The first-order chi connectivity index (χ1) is 8.58. The van der Waals surface area contributed by atoms with Gasteiger partial charge in [0.1, 0.15) is 0 Å². The van der Waals surface area contributed by atoms with Crippen LogP contribution in [0.5, 0.6) is 0 Å². The summed E-state index contributed by atoms with van der Waals surface area (Å²) >= 11 is 0. The van der Waals surface area contributed by atoms with E-state index in [9.17, 15) is 0 Å². The van der Waals surface area contributed by atoms with Crippen molar-refractivity contribution in [2.45, 2.75) is 46.5 Å². The number of hydrogen-bond donors (Lipinski definition) is 1. The third-order valence-electron chi connectivity index (χ3n) is 2.92. The first-order valence-corrected chi connectivity index (χ1v) is 6.89. The summed E-state index contributed by atoms with van der Waals surface area (Å²) in [6.45, 7) is 11.0. The van der Waals surface area contributed by atoms with Crippen LogP contribution in [0.4, 0.5) is 5.95 Å². The lowest BCUT2D eigenvalue weighted by molar-refractivity contribution is 0.688. The summed E-state index contributed by atoms with van der Waals surface area (Å²) in [7, 11) is 0. The van der Waals surface area contributed by atoms with Gasteiger partial charge in [0, 0.05) is 31.0 Å². The Hall–Kier alpha value is -1.16. The van der Waals surface area contributed by atoms with E-state index in [1.165, 1.54) is 6.42 Å². The lowest BCUT2D eigenvalue weighted by Gasteiger charge is -2.23. The lowest BCUT2D eigenvalue weighted by atomic mass is 10.1. The Morgan fingerprint density at radius 2 is 2.00 bits per heavy atom. The maximum absolute atomic E-state index is 5.68. The molecular weight excluding hydrogens is 224 g/mol. The molecule has 1 rings (SSSR count). The van der Waals surface area contributed by atoms with Gasteiger partial charge in [0.05, 0.1) is 0 Å². The molecule has 0 radical (unpaired) electrons. The van der Waals surface area contributed by atoms with E-state index in [1.54, 1.807) is 0 Å². The average Bonchev–Trinajstić information content (AvgIpc) is 2.33. The summed E-state index contributed by atoms with van der Waals surface area (Å²) in [5.74, 6) is 1.26. The normalized spacial score (nSPS) is 11.0. The second kappa shape index (κ2) is 7.31. The summed E-state index contributed by atoms with van der Waals surface area (Å²) < 4.78 is 0. The van der Waals surface area contributed by atoms with Gasteiger partial charge in [-0.15, -0.1) is 0 Å². The first-order valence-electron chi connectivity index (χ1n) is 6.89. The highest BCUT2D eigenvalue weighted by molar-refractivity contribution is 5.33. The van der Waals surface area contributed by atoms with Gasteiger partial charge in [-0.25, -0.2) is 9.97 Å². The molecule has 4 nitrogen and oxygen atoms in total. The van der Waals surface area contributed by atoms with E-state index in [4.69, 9.17) is 5.73 Å². The van der Waals surface area contributed by atoms with Gasteiger partial charge in [0.25, 0.3) is 0 Å². The third kappa shape index (κ3) is 4.26. The summed E-state index contributed by atoms with van der Waals surface area (Å²) in [5, 5.41) is 0. The van der Waals surface area contributed by atoms with Crippen LogP contribution < -0.4 is 10.6 Å². The first kappa shape index (κ1) is 14.9. The van der Waals surface area contributed by atoms with Gasteiger partial charge >= 0.3 is 0 Å². The van der Waals surface area contributed by atoms with E-state index in [1.807, 2.05) is 6.92 Å². The van der Waals surface area contributed by atoms with Crippen molar-refractivity contribution < 1.29 is 0 Å². The van der Waals surface area contributed by atoms with Crippen molar-refractivity contribution in [3.63, 3.8) is 0 Å². The van der Waals surface area contributed by atoms with Gasteiger partial charge in [-0.3, -0.25) is 0 Å². The molecular formula is C14H26N4. The second-order valence-electron chi connectivity index (χ2n) is 5.02. The molecule has 2 N–H and O–H groups in total. The molecule has 0 bridgehead atoms. The standard InChI is InChI=1S/C14H26N4/c1-5-6-8-18(9-7-15)14-16-12(4)10-13(17-14)11(2)3/h10-11H,5-9,15H2,1-4H3. The van der Waals surface area contributed by atoms with E-state index >= 15 is 0 Å². The Labute approximate surface area is 111 Å². The summed E-state index contributed by atoms with van der Waals surface area (Å²) in [6.07, 6.45) is 2.32. The number of aromatic nitrogens is 2. The molecule has 0 aliphatic rings.